The Kier molecular flexibility index (Phi) is 8.47. The first kappa shape index (κ1) is 19.3. The fourth-order valence-corrected chi connectivity index (χ4v) is 2.51. The molecule has 6 nitrogen and oxygen atoms in total. The molecular formula is C17H28N4O2. The normalized spacial score (nSPS) is 10.8. The molecule has 0 spiro atoms. The smallest absolute Gasteiger partial charge is 0.254 e. The highest BCUT2D eigenvalue weighted by molar-refractivity contribution is 6.07. The van der Waals surface area contributed by atoms with Crippen LogP contribution >= 0.6 is 0 Å². The van der Waals surface area contributed by atoms with Crippen molar-refractivity contribution in [3.63, 3.8) is 0 Å². The number of hydrogen-bond acceptors (Lipinski definition) is 5. The fraction of sp³-hybridized carbons (Fsp3) is 0.529. The average Bonchev–Trinajstić information content (AvgIpc) is 2.55. The number of nitrogens with two attached hydrogens (primary N) is 2. The van der Waals surface area contributed by atoms with Crippen LogP contribution < -0.4 is 11.5 Å². The molecule has 23 heavy (non-hydrogen) atoms. The molecule has 0 unspecified atom stereocenters. The van der Waals surface area contributed by atoms with Crippen molar-refractivity contribution in [2.45, 2.75) is 13.8 Å². The zero-order chi connectivity index (χ0) is 17.2. The van der Waals surface area contributed by atoms with Crippen LogP contribution in [0.15, 0.2) is 24.3 Å². The topological polar surface area (TPSA) is 92.7 Å². The predicted octanol–water partition coefficient (Wildman–Crippen LogP) is 0.571. The van der Waals surface area contributed by atoms with Crippen molar-refractivity contribution in [3.8, 4) is 0 Å². The van der Waals surface area contributed by atoms with Crippen molar-refractivity contribution in [2.24, 2.45) is 11.5 Å². The SMILES string of the molecule is CCN(CCN(CCN)CCN)C(=O)c1ccccc1C(C)=O. The third kappa shape index (κ3) is 5.74. The minimum Gasteiger partial charge on any atom is -0.338 e. The third-order valence-corrected chi connectivity index (χ3v) is 3.78. The number of benzene rings is 1. The van der Waals surface area contributed by atoms with E-state index in [1.165, 1.54) is 6.92 Å². The van der Waals surface area contributed by atoms with Gasteiger partial charge in [0, 0.05) is 51.4 Å². The lowest BCUT2D eigenvalue weighted by atomic mass is 10.0. The van der Waals surface area contributed by atoms with Gasteiger partial charge in [-0.3, -0.25) is 14.5 Å². The van der Waals surface area contributed by atoms with Gasteiger partial charge < -0.3 is 16.4 Å². The van der Waals surface area contributed by atoms with Gasteiger partial charge >= 0.3 is 0 Å². The summed E-state index contributed by atoms with van der Waals surface area (Å²) in [5.41, 5.74) is 12.1. The van der Waals surface area contributed by atoms with Gasteiger partial charge in [0.2, 0.25) is 0 Å². The molecule has 4 N–H and O–H groups in total. The third-order valence-electron chi connectivity index (χ3n) is 3.78. The van der Waals surface area contributed by atoms with Crippen LogP contribution in [0.25, 0.3) is 0 Å². The first-order chi connectivity index (χ1) is 11.0. The molecule has 1 aromatic rings. The molecule has 1 rings (SSSR count). The van der Waals surface area contributed by atoms with Crippen molar-refractivity contribution >= 4 is 11.7 Å². The Morgan fingerprint density at radius 3 is 2.00 bits per heavy atom. The second kappa shape index (κ2) is 10.1. The number of rotatable bonds is 10. The molecule has 6 heteroatoms. The van der Waals surface area contributed by atoms with E-state index in [1.54, 1.807) is 29.2 Å². The number of Topliss-reactive ketones (excluding diaryl/α,β-unsaturated/α-hetero) is 1. The Labute approximate surface area is 138 Å². The van der Waals surface area contributed by atoms with Gasteiger partial charge in [0.15, 0.2) is 5.78 Å². The van der Waals surface area contributed by atoms with Crippen LogP contribution in [-0.4, -0.2) is 67.3 Å². The summed E-state index contributed by atoms with van der Waals surface area (Å²) in [4.78, 5) is 28.3. The molecule has 0 bridgehead atoms. The summed E-state index contributed by atoms with van der Waals surface area (Å²) in [5, 5.41) is 0. The minimum absolute atomic E-state index is 0.0992. The Balaban J connectivity index is 2.81. The lowest BCUT2D eigenvalue weighted by molar-refractivity contribution is 0.0741. The standard InChI is InChI=1S/C17H28N4O2/c1-3-21(13-12-20(10-8-18)11-9-19)17(23)16-7-5-4-6-15(16)14(2)22/h4-7H,3,8-13,18-19H2,1-2H3. The molecule has 0 saturated carbocycles. The van der Waals surface area contributed by atoms with Crippen LogP contribution in [0.2, 0.25) is 0 Å². The van der Waals surface area contributed by atoms with E-state index < -0.39 is 0 Å². The maximum Gasteiger partial charge on any atom is 0.254 e. The molecule has 128 valence electrons. The average molecular weight is 320 g/mol. The van der Waals surface area contributed by atoms with Gasteiger partial charge in [-0.1, -0.05) is 18.2 Å². The fourth-order valence-electron chi connectivity index (χ4n) is 2.51. The summed E-state index contributed by atoms with van der Waals surface area (Å²) < 4.78 is 0. The summed E-state index contributed by atoms with van der Waals surface area (Å²) in [5.74, 6) is -0.211. The monoisotopic (exact) mass is 320 g/mol. The van der Waals surface area contributed by atoms with Crippen LogP contribution in [0.4, 0.5) is 0 Å². The maximum atomic E-state index is 12.7. The molecule has 0 aromatic heterocycles. The van der Waals surface area contributed by atoms with Gasteiger partial charge in [-0.05, 0) is 19.9 Å². The highest BCUT2D eigenvalue weighted by Gasteiger charge is 2.19. The molecular weight excluding hydrogens is 292 g/mol. The molecule has 0 radical (unpaired) electrons. The summed E-state index contributed by atoms with van der Waals surface area (Å²) in [7, 11) is 0. The van der Waals surface area contributed by atoms with Crippen LogP contribution in [0.1, 0.15) is 34.6 Å². The van der Waals surface area contributed by atoms with E-state index in [4.69, 9.17) is 11.5 Å². The van der Waals surface area contributed by atoms with Gasteiger partial charge in [-0.15, -0.1) is 0 Å². The lowest BCUT2D eigenvalue weighted by Crippen LogP contribution is -2.42. The number of likely N-dealkylation sites (N-methyl/N-ethyl adjacent to an activating group) is 1. The van der Waals surface area contributed by atoms with Gasteiger partial charge in [0.05, 0.1) is 5.56 Å². The Morgan fingerprint density at radius 1 is 0.957 bits per heavy atom. The van der Waals surface area contributed by atoms with Crippen molar-refractivity contribution < 1.29 is 9.59 Å². The first-order valence-electron chi connectivity index (χ1n) is 8.06. The molecule has 0 aliphatic heterocycles. The van der Waals surface area contributed by atoms with E-state index >= 15 is 0 Å². The quantitative estimate of drug-likeness (QED) is 0.615. The molecule has 0 heterocycles. The first-order valence-corrected chi connectivity index (χ1v) is 8.06. The van der Waals surface area contributed by atoms with Crippen molar-refractivity contribution in [1.29, 1.82) is 0 Å². The Hall–Kier alpha value is -1.76. The summed E-state index contributed by atoms with van der Waals surface area (Å²) in [6.07, 6.45) is 0. The number of ketones is 1. The molecule has 0 fully saturated rings. The zero-order valence-corrected chi connectivity index (χ0v) is 14.1. The van der Waals surface area contributed by atoms with Gasteiger partial charge in [-0.2, -0.15) is 0 Å². The van der Waals surface area contributed by atoms with E-state index in [2.05, 4.69) is 4.90 Å². The summed E-state index contributed by atoms with van der Waals surface area (Å²) in [6, 6.07) is 6.95. The Morgan fingerprint density at radius 2 is 1.52 bits per heavy atom. The lowest BCUT2D eigenvalue weighted by Gasteiger charge is -2.27. The van der Waals surface area contributed by atoms with Crippen molar-refractivity contribution in [3.05, 3.63) is 35.4 Å². The number of carbonyl (C=O) groups excluding carboxylic acids is 2. The highest BCUT2D eigenvalue weighted by Crippen LogP contribution is 2.12. The molecule has 1 amide bonds. The highest BCUT2D eigenvalue weighted by atomic mass is 16.2. The van der Waals surface area contributed by atoms with E-state index in [0.29, 0.717) is 37.3 Å². The molecule has 1 aromatic carbocycles. The molecule has 0 aliphatic rings. The molecule has 0 atom stereocenters. The number of nitrogens with zero attached hydrogens (tertiary/aromatic N) is 2. The van der Waals surface area contributed by atoms with Crippen LogP contribution in [-0.2, 0) is 0 Å². The predicted molar refractivity (Wildman–Crippen MR) is 92.6 cm³/mol. The molecule has 0 saturated heterocycles. The van der Waals surface area contributed by atoms with Crippen LogP contribution in [0.3, 0.4) is 0 Å². The van der Waals surface area contributed by atoms with Crippen LogP contribution in [0.5, 0.6) is 0 Å². The second-order valence-electron chi connectivity index (χ2n) is 5.41. The second-order valence-corrected chi connectivity index (χ2v) is 5.41. The summed E-state index contributed by atoms with van der Waals surface area (Å²) >= 11 is 0. The number of carbonyl (C=O) groups is 2. The van der Waals surface area contributed by atoms with E-state index in [1.807, 2.05) is 6.92 Å². The molecule has 0 aliphatic carbocycles. The van der Waals surface area contributed by atoms with Gasteiger partial charge in [-0.25, -0.2) is 0 Å². The van der Waals surface area contributed by atoms with Gasteiger partial charge in [0.25, 0.3) is 5.91 Å². The van der Waals surface area contributed by atoms with Gasteiger partial charge in [0.1, 0.15) is 0 Å². The summed E-state index contributed by atoms with van der Waals surface area (Å²) in [6.45, 7) is 7.94. The number of hydrogen-bond donors (Lipinski definition) is 2. The number of amides is 1. The maximum absolute atomic E-state index is 12.7. The van der Waals surface area contributed by atoms with E-state index in [0.717, 1.165) is 19.6 Å². The van der Waals surface area contributed by atoms with E-state index in [9.17, 15) is 9.59 Å². The van der Waals surface area contributed by atoms with Crippen molar-refractivity contribution in [2.75, 3.05) is 45.8 Å². The van der Waals surface area contributed by atoms with Crippen molar-refractivity contribution in [1.82, 2.24) is 9.80 Å². The largest absolute Gasteiger partial charge is 0.338 e. The van der Waals surface area contributed by atoms with E-state index in [-0.39, 0.29) is 11.7 Å². The Bertz CT molecular complexity index is 513. The minimum atomic E-state index is -0.112. The zero-order valence-electron chi connectivity index (χ0n) is 14.1. The van der Waals surface area contributed by atoms with Crippen LogP contribution in [0, 0.1) is 0 Å².